The van der Waals surface area contributed by atoms with Crippen LogP contribution in [-0.4, -0.2) is 11.9 Å². The summed E-state index contributed by atoms with van der Waals surface area (Å²) in [4.78, 5) is 24.3. The lowest BCUT2D eigenvalue weighted by Crippen LogP contribution is -2.05. The first-order chi connectivity index (χ1) is 23.7. The van der Waals surface area contributed by atoms with Crippen molar-refractivity contribution in [3.05, 3.63) is 35.4 Å². The summed E-state index contributed by atoms with van der Waals surface area (Å²) in [5.41, 5.74) is 1.93. The number of carbonyl (C=O) groups excluding carboxylic acids is 2. The molecule has 0 atom stereocenters. The second kappa shape index (κ2) is 35.0. The van der Waals surface area contributed by atoms with Gasteiger partial charge in [0.1, 0.15) is 13.2 Å². The van der Waals surface area contributed by atoms with Gasteiger partial charge in [0.15, 0.2) is 0 Å². The van der Waals surface area contributed by atoms with Gasteiger partial charge in [-0.1, -0.05) is 218 Å². The molecule has 0 aliphatic heterocycles. The van der Waals surface area contributed by atoms with Crippen molar-refractivity contribution in [2.45, 2.75) is 233 Å². The molecule has 0 N–H and O–H groups in total. The van der Waals surface area contributed by atoms with Gasteiger partial charge in [0, 0.05) is 12.8 Å². The highest BCUT2D eigenvalue weighted by molar-refractivity contribution is 5.69. The molecule has 1 rings (SSSR count). The molecule has 0 saturated carbocycles. The van der Waals surface area contributed by atoms with Crippen LogP contribution in [0.3, 0.4) is 0 Å². The number of ether oxygens (including phenoxy) is 2. The van der Waals surface area contributed by atoms with Gasteiger partial charge in [-0.15, -0.1) is 0 Å². The smallest absolute Gasteiger partial charge is 0.306 e. The van der Waals surface area contributed by atoms with Crippen LogP contribution in [0.1, 0.15) is 230 Å². The monoisotopic (exact) mass is 671 g/mol. The van der Waals surface area contributed by atoms with Gasteiger partial charge < -0.3 is 9.47 Å². The Kier molecular flexibility index (Phi) is 32.2. The second-order valence-electron chi connectivity index (χ2n) is 14.5. The number of esters is 2. The summed E-state index contributed by atoms with van der Waals surface area (Å²) >= 11 is 0. The topological polar surface area (TPSA) is 52.6 Å². The normalized spacial score (nSPS) is 11.2. The Bertz CT molecular complexity index is 764. The molecule has 4 heteroatoms. The number of carbonyl (C=O) groups is 2. The van der Waals surface area contributed by atoms with Crippen molar-refractivity contribution in [1.82, 2.24) is 0 Å². The van der Waals surface area contributed by atoms with Crippen LogP contribution in [0.25, 0.3) is 0 Å². The summed E-state index contributed by atoms with van der Waals surface area (Å²) in [5.74, 6) is -0.219. The molecule has 0 bridgehead atoms. The third-order valence-electron chi connectivity index (χ3n) is 9.79. The van der Waals surface area contributed by atoms with Crippen LogP contribution in [-0.2, 0) is 32.3 Å². The van der Waals surface area contributed by atoms with Crippen molar-refractivity contribution in [2.24, 2.45) is 0 Å². The van der Waals surface area contributed by atoms with E-state index in [0.29, 0.717) is 26.1 Å². The van der Waals surface area contributed by atoms with E-state index >= 15 is 0 Å². The van der Waals surface area contributed by atoms with E-state index in [9.17, 15) is 9.59 Å². The van der Waals surface area contributed by atoms with E-state index in [1.54, 1.807) is 0 Å². The van der Waals surface area contributed by atoms with Gasteiger partial charge >= 0.3 is 11.9 Å². The van der Waals surface area contributed by atoms with E-state index in [0.717, 1.165) is 36.8 Å². The van der Waals surface area contributed by atoms with E-state index in [2.05, 4.69) is 13.8 Å². The van der Waals surface area contributed by atoms with Gasteiger partial charge in [0.2, 0.25) is 0 Å². The fraction of sp³-hybridized carbons (Fsp3) is 0.818. The Morgan fingerprint density at radius 1 is 0.354 bits per heavy atom. The zero-order valence-electron chi connectivity index (χ0n) is 32.0. The van der Waals surface area contributed by atoms with E-state index in [-0.39, 0.29) is 11.9 Å². The van der Waals surface area contributed by atoms with Crippen molar-refractivity contribution in [2.75, 3.05) is 0 Å². The summed E-state index contributed by atoms with van der Waals surface area (Å²) in [5, 5.41) is 0. The first-order valence-electron chi connectivity index (χ1n) is 21.0. The van der Waals surface area contributed by atoms with Crippen molar-refractivity contribution in [3.8, 4) is 0 Å². The number of unbranched alkanes of at least 4 members (excludes halogenated alkanes) is 28. The van der Waals surface area contributed by atoms with Crippen LogP contribution in [0.2, 0.25) is 0 Å². The average molecular weight is 671 g/mol. The molecule has 0 aromatic heterocycles. The second-order valence-corrected chi connectivity index (χ2v) is 14.5. The number of hydrogen-bond donors (Lipinski definition) is 0. The number of benzene rings is 1. The lowest BCUT2D eigenvalue weighted by atomic mass is 10.0. The van der Waals surface area contributed by atoms with Gasteiger partial charge in [-0.05, 0) is 24.0 Å². The van der Waals surface area contributed by atoms with Crippen LogP contribution >= 0.6 is 0 Å². The van der Waals surface area contributed by atoms with Crippen molar-refractivity contribution >= 4 is 11.9 Å². The van der Waals surface area contributed by atoms with E-state index in [4.69, 9.17) is 9.47 Å². The van der Waals surface area contributed by atoms with Crippen LogP contribution in [0.4, 0.5) is 0 Å². The van der Waals surface area contributed by atoms with Crippen LogP contribution in [0.5, 0.6) is 0 Å². The molecule has 4 nitrogen and oxygen atoms in total. The molecule has 0 aliphatic rings. The lowest BCUT2D eigenvalue weighted by Gasteiger charge is -2.08. The number of hydrogen-bond acceptors (Lipinski definition) is 4. The Labute approximate surface area is 298 Å². The highest BCUT2D eigenvalue weighted by atomic mass is 16.5. The molecular formula is C44H78O4. The van der Waals surface area contributed by atoms with Gasteiger partial charge in [-0.25, -0.2) is 0 Å². The molecule has 0 amide bonds. The van der Waals surface area contributed by atoms with Crippen molar-refractivity contribution in [3.63, 3.8) is 0 Å². The van der Waals surface area contributed by atoms with E-state index in [1.807, 2.05) is 24.3 Å². The molecular weight excluding hydrogens is 592 g/mol. The third-order valence-corrected chi connectivity index (χ3v) is 9.79. The summed E-state index contributed by atoms with van der Waals surface area (Å²) in [6.07, 6.45) is 40.7. The highest BCUT2D eigenvalue weighted by Crippen LogP contribution is 2.16. The lowest BCUT2D eigenvalue weighted by molar-refractivity contribution is -0.146. The Morgan fingerprint density at radius 2 is 0.562 bits per heavy atom. The standard InChI is InChI=1S/C44H78O4/c1-3-5-7-9-11-13-15-17-19-21-23-25-27-29-31-33-43(45)47-39-41-35-37-42(38-36-41)40-48-44(46)34-32-30-28-26-24-22-20-18-16-14-12-10-8-6-4-2/h35-38H,3-34,39-40H2,1-2H3. The maximum absolute atomic E-state index is 12.2. The molecule has 0 unspecified atom stereocenters. The molecule has 0 spiro atoms. The predicted molar refractivity (Wildman–Crippen MR) is 205 cm³/mol. The molecule has 0 aliphatic carbocycles. The van der Waals surface area contributed by atoms with E-state index < -0.39 is 0 Å². The molecule has 48 heavy (non-hydrogen) atoms. The Hall–Kier alpha value is -1.84. The molecule has 0 fully saturated rings. The SMILES string of the molecule is CCCCCCCCCCCCCCCCCC(=O)OCc1ccc(COC(=O)CCCCCCCCCCCCCCCCC)cc1. The quantitative estimate of drug-likeness (QED) is 0.0526. The van der Waals surface area contributed by atoms with Crippen molar-refractivity contribution in [1.29, 1.82) is 0 Å². The van der Waals surface area contributed by atoms with E-state index in [1.165, 1.54) is 167 Å². The van der Waals surface area contributed by atoms with Gasteiger partial charge in [0.05, 0.1) is 0 Å². The molecule has 278 valence electrons. The minimum Gasteiger partial charge on any atom is -0.461 e. The average Bonchev–Trinajstić information content (AvgIpc) is 3.10. The maximum Gasteiger partial charge on any atom is 0.306 e. The molecule has 1 aromatic carbocycles. The zero-order chi connectivity index (χ0) is 34.6. The Morgan fingerprint density at radius 3 is 0.792 bits per heavy atom. The maximum atomic E-state index is 12.2. The molecule has 1 aromatic rings. The highest BCUT2D eigenvalue weighted by Gasteiger charge is 2.06. The summed E-state index contributed by atoms with van der Waals surface area (Å²) < 4.78 is 11.0. The first kappa shape index (κ1) is 44.2. The fourth-order valence-electron chi connectivity index (χ4n) is 6.49. The Balaban J connectivity index is 1.90. The van der Waals surface area contributed by atoms with Crippen molar-refractivity contribution < 1.29 is 19.1 Å². The summed E-state index contributed by atoms with van der Waals surface area (Å²) in [6, 6.07) is 7.83. The molecule has 0 saturated heterocycles. The minimum absolute atomic E-state index is 0.110. The molecule has 0 radical (unpaired) electrons. The molecule has 0 heterocycles. The minimum atomic E-state index is -0.110. The largest absolute Gasteiger partial charge is 0.461 e. The van der Waals surface area contributed by atoms with Crippen LogP contribution in [0.15, 0.2) is 24.3 Å². The summed E-state index contributed by atoms with van der Waals surface area (Å²) in [7, 11) is 0. The van der Waals surface area contributed by atoms with Gasteiger partial charge in [0.25, 0.3) is 0 Å². The fourth-order valence-corrected chi connectivity index (χ4v) is 6.49. The van der Waals surface area contributed by atoms with Crippen LogP contribution < -0.4 is 0 Å². The third kappa shape index (κ3) is 30.2. The van der Waals surface area contributed by atoms with Crippen LogP contribution in [0, 0.1) is 0 Å². The number of rotatable bonds is 36. The zero-order valence-corrected chi connectivity index (χ0v) is 32.0. The summed E-state index contributed by atoms with van der Waals surface area (Å²) in [6.45, 7) is 5.16. The first-order valence-corrected chi connectivity index (χ1v) is 21.0. The van der Waals surface area contributed by atoms with Gasteiger partial charge in [-0.2, -0.15) is 0 Å². The predicted octanol–water partition coefficient (Wildman–Crippen LogP) is 14.3. The van der Waals surface area contributed by atoms with Gasteiger partial charge in [-0.3, -0.25) is 9.59 Å².